The van der Waals surface area contributed by atoms with Gasteiger partial charge in [0.2, 0.25) is 11.2 Å². The second-order valence-electron chi connectivity index (χ2n) is 9.13. The molecule has 2 aromatic heterocycles. The molecule has 5 heteroatoms. The van der Waals surface area contributed by atoms with Gasteiger partial charge in [0.15, 0.2) is 5.82 Å². The first-order valence-corrected chi connectivity index (χ1v) is 12.8. The summed E-state index contributed by atoms with van der Waals surface area (Å²) < 4.78 is 2.08. The average Bonchev–Trinajstić information content (AvgIpc) is 3.31. The molecule has 0 saturated heterocycles. The molecule has 0 aliphatic rings. The monoisotopic (exact) mass is 508 g/mol. The Bertz CT molecular complexity index is 1930. The highest BCUT2D eigenvalue weighted by Crippen LogP contribution is 2.34. The quantitative estimate of drug-likeness (QED) is 0.239. The Morgan fingerprint density at radius 1 is 0.447 bits per heavy atom. The van der Waals surface area contributed by atoms with Crippen molar-refractivity contribution in [3.63, 3.8) is 0 Å². The molecule has 180 valence electrons. The van der Waals surface area contributed by atoms with Gasteiger partial charge in [-0.3, -0.25) is 4.57 Å². The van der Waals surface area contributed by atoms with E-state index in [2.05, 4.69) is 99.5 Å². The highest BCUT2D eigenvalue weighted by molar-refractivity contribution is 6.28. The molecule has 0 amide bonds. The van der Waals surface area contributed by atoms with Gasteiger partial charge in [-0.15, -0.1) is 0 Å². The topological polar surface area (TPSA) is 43.6 Å². The second-order valence-corrected chi connectivity index (χ2v) is 9.46. The van der Waals surface area contributed by atoms with Crippen LogP contribution in [0.25, 0.3) is 61.4 Å². The number of aromatic nitrogens is 4. The molecule has 4 nitrogen and oxygen atoms in total. The third-order valence-electron chi connectivity index (χ3n) is 6.81. The Kier molecular flexibility index (Phi) is 5.46. The van der Waals surface area contributed by atoms with Crippen molar-refractivity contribution in [2.24, 2.45) is 0 Å². The van der Waals surface area contributed by atoms with Crippen LogP contribution in [0.5, 0.6) is 0 Å². The molecule has 0 atom stereocenters. The highest BCUT2D eigenvalue weighted by atomic mass is 35.5. The van der Waals surface area contributed by atoms with Crippen LogP contribution in [0, 0.1) is 0 Å². The number of halogens is 1. The number of nitrogens with zero attached hydrogens (tertiary/aromatic N) is 4. The van der Waals surface area contributed by atoms with Gasteiger partial charge in [0.25, 0.3) is 0 Å². The maximum Gasteiger partial charge on any atom is 0.239 e. The van der Waals surface area contributed by atoms with Crippen LogP contribution in [0.1, 0.15) is 0 Å². The molecule has 0 aliphatic heterocycles. The van der Waals surface area contributed by atoms with Crippen LogP contribution in [0.4, 0.5) is 0 Å². The fraction of sp³-hybridized carbons (Fsp3) is 0. The number of benzene rings is 5. The van der Waals surface area contributed by atoms with E-state index < -0.39 is 0 Å². The first-order chi connectivity index (χ1) is 18.7. The molecule has 7 aromatic rings. The van der Waals surface area contributed by atoms with E-state index in [1.54, 1.807) is 0 Å². The molecule has 0 radical (unpaired) electrons. The fourth-order valence-electron chi connectivity index (χ4n) is 5.03. The van der Waals surface area contributed by atoms with Crippen LogP contribution in [-0.2, 0) is 0 Å². The zero-order valence-corrected chi connectivity index (χ0v) is 21.0. The Hall–Kier alpha value is -4.80. The van der Waals surface area contributed by atoms with E-state index >= 15 is 0 Å². The summed E-state index contributed by atoms with van der Waals surface area (Å²) in [6.07, 6.45) is 0. The molecule has 0 saturated carbocycles. The van der Waals surface area contributed by atoms with Crippen molar-refractivity contribution in [2.45, 2.75) is 0 Å². The summed E-state index contributed by atoms with van der Waals surface area (Å²) in [5, 5.41) is 2.41. The normalized spacial score (nSPS) is 11.3. The maximum absolute atomic E-state index is 6.53. The van der Waals surface area contributed by atoms with E-state index in [1.807, 2.05) is 42.5 Å². The number of hydrogen-bond acceptors (Lipinski definition) is 3. The van der Waals surface area contributed by atoms with Crippen LogP contribution in [-0.4, -0.2) is 19.5 Å². The van der Waals surface area contributed by atoms with Crippen molar-refractivity contribution < 1.29 is 0 Å². The number of rotatable bonds is 4. The van der Waals surface area contributed by atoms with E-state index in [4.69, 9.17) is 16.6 Å². The van der Waals surface area contributed by atoms with Crippen molar-refractivity contribution in [3.05, 3.63) is 133 Å². The number of fused-ring (bicyclic) bond motifs is 3. The van der Waals surface area contributed by atoms with E-state index in [9.17, 15) is 0 Å². The van der Waals surface area contributed by atoms with Gasteiger partial charge in [0.1, 0.15) is 0 Å². The van der Waals surface area contributed by atoms with Crippen molar-refractivity contribution in [1.29, 1.82) is 0 Å². The minimum Gasteiger partial charge on any atom is -0.278 e. The molecule has 0 fully saturated rings. The molecule has 7 rings (SSSR count). The summed E-state index contributed by atoms with van der Waals surface area (Å²) in [7, 11) is 0. The summed E-state index contributed by atoms with van der Waals surface area (Å²) in [4.78, 5) is 14.0. The minimum atomic E-state index is 0.153. The van der Waals surface area contributed by atoms with E-state index in [1.165, 1.54) is 0 Å². The Balaban J connectivity index is 1.44. The molecule has 0 aliphatic carbocycles. The zero-order valence-electron chi connectivity index (χ0n) is 20.3. The van der Waals surface area contributed by atoms with Crippen LogP contribution in [0.3, 0.4) is 0 Å². The van der Waals surface area contributed by atoms with Crippen molar-refractivity contribution in [3.8, 4) is 39.6 Å². The molecule has 0 bridgehead atoms. The second kappa shape index (κ2) is 9.25. The lowest BCUT2D eigenvalue weighted by Gasteiger charge is -2.10. The molecular formula is C33H21ClN4. The lowest BCUT2D eigenvalue weighted by atomic mass is 10.0. The molecule has 38 heavy (non-hydrogen) atoms. The summed E-state index contributed by atoms with van der Waals surface area (Å²) in [6.45, 7) is 0. The number of hydrogen-bond donors (Lipinski definition) is 0. The van der Waals surface area contributed by atoms with Crippen LogP contribution in [0.2, 0.25) is 5.28 Å². The molecule has 5 aromatic carbocycles. The van der Waals surface area contributed by atoms with E-state index in [-0.39, 0.29) is 5.28 Å². The molecular weight excluding hydrogens is 488 g/mol. The zero-order chi connectivity index (χ0) is 25.5. The highest BCUT2D eigenvalue weighted by Gasteiger charge is 2.17. The largest absolute Gasteiger partial charge is 0.278 e. The van der Waals surface area contributed by atoms with Gasteiger partial charge in [-0.05, 0) is 52.1 Å². The van der Waals surface area contributed by atoms with Crippen LogP contribution < -0.4 is 0 Å². The maximum atomic E-state index is 6.53. The van der Waals surface area contributed by atoms with Crippen molar-refractivity contribution in [1.82, 2.24) is 19.5 Å². The molecule has 0 N–H and O–H groups in total. The Morgan fingerprint density at radius 2 is 1.05 bits per heavy atom. The molecule has 0 spiro atoms. The predicted molar refractivity (Wildman–Crippen MR) is 155 cm³/mol. The van der Waals surface area contributed by atoms with Crippen LogP contribution in [0.15, 0.2) is 127 Å². The average molecular weight is 509 g/mol. The minimum absolute atomic E-state index is 0.153. The fourth-order valence-corrected chi connectivity index (χ4v) is 5.19. The smallest absolute Gasteiger partial charge is 0.239 e. The first kappa shape index (κ1) is 22.4. The van der Waals surface area contributed by atoms with Gasteiger partial charge < -0.3 is 0 Å². The number of para-hydroxylation sites is 1. The van der Waals surface area contributed by atoms with Crippen LogP contribution >= 0.6 is 11.6 Å². The molecule has 2 heterocycles. The lowest BCUT2D eigenvalue weighted by Crippen LogP contribution is -2.04. The summed E-state index contributed by atoms with van der Waals surface area (Å²) in [5.74, 6) is 1.02. The third kappa shape index (κ3) is 3.92. The third-order valence-corrected chi connectivity index (χ3v) is 6.97. The lowest BCUT2D eigenvalue weighted by molar-refractivity contribution is 0.947. The predicted octanol–water partition coefficient (Wildman–Crippen LogP) is 8.62. The Labute approximate surface area is 224 Å². The van der Waals surface area contributed by atoms with Gasteiger partial charge >= 0.3 is 0 Å². The molecule has 0 unspecified atom stereocenters. The SMILES string of the molecule is Clc1nc(-c2cccc(-c3ccccc3)c2)nc(-n2c3ccccc3c3ccc(-c4ccccc4)cc32)n1. The summed E-state index contributed by atoms with van der Waals surface area (Å²) >= 11 is 6.53. The summed E-state index contributed by atoms with van der Waals surface area (Å²) in [6, 6.07) is 43.6. The van der Waals surface area contributed by atoms with Gasteiger partial charge in [-0.1, -0.05) is 109 Å². The first-order valence-electron chi connectivity index (χ1n) is 12.4. The van der Waals surface area contributed by atoms with E-state index in [0.29, 0.717) is 11.8 Å². The standard InChI is InChI=1S/C33H21ClN4/c34-32-35-31(26-15-9-14-24(20-26)22-10-3-1-4-11-22)36-33(37-32)38-29-17-8-7-16-27(29)28-19-18-25(21-30(28)38)23-12-5-2-6-13-23/h1-21H. The van der Waals surface area contributed by atoms with Crippen molar-refractivity contribution >= 4 is 33.4 Å². The summed E-state index contributed by atoms with van der Waals surface area (Å²) in [5.41, 5.74) is 7.40. The van der Waals surface area contributed by atoms with Gasteiger partial charge in [-0.25, -0.2) is 0 Å². The van der Waals surface area contributed by atoms with Gasteiger partial charge in [0, 0.05) is 16.3 Å². The van der Waals surface area contributed by atoms with Gasteiger partial charge in [0.05, 0.1) is 11.0 Å². The van der Waals surface area contributed by atoms with Crippen molar-refractivity contribution in [2.75, 3.05) is 0 Å². The Morgan fingerprint density at radius 3 is 1.82 bits per heavy atom. The van der Waals surface area contributed by atoms with Gasteiger partial charge in [-0.2, -0.15) is 15.0 Å². The van der Waals surface area contributed by atoms with E-state index in [0.717, 1.165) is 49.6 Å².